The fourth-order valence-electron chi connectivity index (χ4n) is 2.07. The summed E-state index contributed by atoms with van der Waals surface area (Å²) >= 11 is 0. The van der Waals surface area contributed by atoms with Gasteiger partial charge in [0.25, 0.3) is 5.91 Å². The van der Waals surface area contributed by atoms with E-state index in [0.29, 0.717) is 6.42 Å². The Balaban J connectivity index is 2.12. The summed E-state index contributed by atoms with van der Waals surface area (Å²) in [5, 5.41) is 2.66. The molecule has 1 aromatic carbocycles. The Morgan fingerprint density at radius 1 is 1.30 bits per heavy atom. The zero-order valence-electron chi connectivity index (χ0n) is 11.0. The first kappa shape index (κ1) is 14.5. The van der Waals surface area contributed by atoms with Crippen LogP contribution in [0.15, 0.2) is 24.3 Å². The van der Waals surface area contributed by atoms with Crippen molar-refractivity contribution in [3.8, 4) is 5.75 Å². The summed E-state index contributed by atoms with van der Waals surface area (Å²) in [5.74, 6) is -0.756. The lowest BCUT2D eigenvalue weighted by Gasteiger charge is -2.13. The zero-order valence-corrected chi connectivity index (χ0v) is 11.8. The largest absolute Gasteiger partial charge is 0.426 e. The molecule has 6 nitrogen and oxygen atoms in total. The molecule has 0 bridgehead atoms. The molecule has 1 aliphatic heterocycles. The number of hydrogen-bond donors (Lipinski definition) is 1. The highest BCUT2D eigenvalue weighted by Crippen LogP contribution is 2.19. The molecule has 1 atom stereocenters. The van der Waals surface area contributed by atoms with Crippen LogP contribution in [-0.4, -0.2) is 37.8 Å². The number of nitrogens with one attached hydrogen (secondary N) is 1. The molecule has 1 N–H and O–H groups in total. The fraction of sp³-hybridized carbons (Fsp3) is 0.385. The molecule has 0 aliphatic carbocycles. The number of esters is 1. The van der Waals surface area contributed by atoms with E-state index in [-0.39, 0.29) is 22.8 Å². The van der Waals surface area contributed by atoms with Gasteiger partial charge in [-0.2, -0.15) is 0 Å². The van der Waals surface area contributed by atoms with Gasteiger partial charge in [-0.05, 0) is 18.6 Å². The van der Waals surface area contributed by atoms with Gasteiger partial charge in [0.05, 0.1) is 17.1 Å². The summed E-state index contributed by atoms with van der Waals surface area (Å²) in [6.07, 6.45) is 0.407. The smallest absolute Gasteiger partial charge is 0.308 e. The van der Waals surface area contributed by atoms with Gasteiger partial charge in [0.2, 0.25) is 0 Å². The van der Waals surface area contributed by atoms with E-state index >= 15 is 0 Å². The lowest BCUT2D eigenvalue weighted by Crippen LogP contribution is -2.35. The van der Waals surface area contributed by atoms with E-state index in [2.05, 4.69) is 5.32 Å². The Labute approximate surface area is 117 Å². The first-order valence-electron chi connectivity index (χ1n) is 6.16. The molecule has 0 aromatic heterocycles. The molecule has 1 amide bonds. The highest BCUT2D eigenvalue weighted by Gasteiger charge is 2.29. The normalized spacial score (nSPS) is 20.4. The molecular weight excluding hydrogens is 282 g/mol. The molecule has 1 aromatic rings. The zero-order chi connectivity index (χ0) is 14.8. The first-order chi connectivity index (χ1) is 9.37. The molecule has 1 saturated heterocycles. The van der Waals surface area contributed by atoms with Crippen molar-refractivity contribution >= 4 is 21.7 Å². The number of sulfone groups is 1. The second kappa shape index (κ2) is 5.62. The summed E-state index contributed by atoms with van der Waals surface area (Å²) in [6.45, 7) is 1.25. The minimum Gasteiger partial charge on any atom is -0.426 e. The molecule has 20 heavy (non-hydrogen) atoms. The van der Waals surface area contributed by atoms with E-state index in [4.69, 9.17) is 4.74 Å². The lowest BCUT2D eigenvalue weighted by atomic mass is 10.1. The maximum Gasteiger partial charge on any atom is 0.308 e. The van der Waals surface area contributed by atoms with Gasteiger partial charge in [0, 0.05) is 13.0 Å². The minimum atomic E-state index is -3.05. The average Bonchev–Trinajstić information content (AvgIpc) is 2.68. The molecule has 0 unspecified atom stereocenters. The molecule has 7 heteroatoms. The van der Waals surface area contributed by atoms with E-state index in [1.807, 2.05) is 0 Å². The first-order valence-corrected chi connectivity index (χ1v) is 7.98. The fourth-order valence-corrected chi connectivity index (χ4v) is 3.74. The highest BCUT2D eigenvalue weighted by atomic mass is 32.2. The topological polar surface area (TPSA) is 89.5 Å². The van der Waals surface area contributed by atoms with Gasteiger partial charge in [-0.15, -0.1) is 0 Å². The van der Waals surface area contributed by atoms with Crippen molar-refractivity contribution in [1.29, 1.82) is 0 Å². The van der Waals surface area contributed by atoms with Crippen molar-refractivity contribution in [1.82, 2.24) is 5.32 Å². The quantitative estimate of drug-likeness (QED) is 0.649. The summed E-state index contributed by atoms with van der Waals surface area (Å²) in [5.41, 5.74) is 0.215. The van der Waals surface area contributed by atoms with Crippen molar-refractivity contribution in [3.63, 3.8) is 0 Å². The van der Waals surface area contributed by atoms with Gasteiger partial charge in [0.1, 0.15) is 5.75 Å². The van der Waals surface area contributed by atoms with Crippen molar-refractivity contribution < 1.29 is 22.7 Å². The maximum atomic E-state index is 12.1. The molecule has 1 aliphatic rings. The van der Waals surface area contributed by atoms with E-state index in [1.54, 1.807) is 12.1 Å². The molecular formula is C13H15NO5S. The Morgan fingerprint density at radius 2 is 2.00 bits per heavy atom. The Bertz CT molecular complexity index is 638. The number of amides is 1. The van der Waals surface area contributed by atoms with E-state index in [1.165, 1.54) is 19.1 Å². The van der Waals surface area contributed by atoms with Crippen LogP contribution in [0.1, 0.15) is 23.7 Å². The number of para-hydroxylation sites is 1. The second-order valence-electron chi connectivity index (χ2n) is 4.66. The molecule has 0 spiro atoms. The van der Waals surface area contributed by atoms with Gasteiger partial charge >= 0.3 is 5.97 Å². The Hall–Kier alpha value is -1.89. The van der Waals surface area contributed by atoms with E-state index in [0.717, 1.165) is 0 Å². The van der Waals surface area contributed by atoms with Crippen LogP contribution in [0, 0.1) is 0 Å². The van der Waals surface area contributed by atoms with Crippen LogP contribution in [0.5, 0.6) is 5.75 Å². The van der Waals surface area contributed by atoms with Gasteiger partial charge in [0.15, 0.2) is 9.84 Å². The lowest BCUT2D eigenvalue weighted by molar-refractivity contribution is -0.131. The number of rotatable bonds is 3. The average molecular weight is 297 g/mol. The number of carbonyl (C=O) groups excluding carboxylic acids is 2. The predicted molar refractivity (Wildman–Crippen MR) is 72.3 cm³/mol. The predicted octanol–water partition coefficient (Wildman–Crippen LogP) is 0.529. The van der Waals surface area contributed by atoms with Crippen molar-refractivity contribution in [2.75, 3.05) is 11.5 Å². The molecule has 1 heterocycles. The van der Waals surface area contributed by atoms with Gasteiger partial charge < -0.3 is 10.1 Å². The molecule has 1 fully saturated rings. The number of ether oxygens (including phenoxy) is 1. The second-order valence-corrected chi connectivity index (χ2v) is 6.89. The molecule has 0 saturated carbocycles. The third-order valence-electron chi connectivity index (χ3n) is 2.95. The van der Waals surface area contributed by atoms with Crippen LogP contribution in [0.3, 0.4) is 0 Å². The van der Waals surface area contributed by atoms with E-state index < -0.39 is 27.8 Å². The van der Waals surface area contributed by atoms with Crippen LogP contribution >= 0.6 is 0 Å². The maximum absolute atomic E-state index is 12.1. The van der Waals surface area contributed by atoms with Gasteiger partial charge in [-0.25, -0.2) is 8.42 Å². The molecule has 2 rings (SSSR count). The number of benzene rings is 1. The number of hydrogen-bond acceptors (Lipinski definition) is 5. The third-order valence-corrected chi connectivity index (χ3v) is 4.72. The summed E-state index contributed by atoms with van der Waals surface area (Å²) in [7, 11) is -3.05. The van der Waals surface area contributed by atoms with Crippen molar-refractivity contribution in [3.05, 3.63) is 29.8 Å². The van der Waals surface area contributed by atoms with Gasteiger partial charge in [-0.1, -0.05) is 12.1 Å². The minimum absolute atomic E-state index is 0.0472. The molecule has 108 valence electrons. The standard InChI is InChI=1S/C13H15NO5S/c1-9(15)19-12-5-3-2-4-11(12)13(16)14-10-6-7-20(17,18)8-10/h2-5,10H,6-8H2,1H3,(H,14,16)/t10-/m1/s1. The van der Waals surface area contributed by atoms with Crippen LogP contribution < -0.4 is 10.1 Å². The van der Waals surface area contributed by atoms with Crippen LogP contribution in [0.2, 0.25) is 0 Å². The number of carbonyl (C=O) groups is 2. The summed E-state index contributed by atoms with van der Waals surface area (Å²) in [4.78, 5) is 23.1. The summed E-state index contributed by atoms with van der Waals surface area (Å²) in [6, 6.07) is 5.94. The van der Waals surface area contributed by atoms with Gasteiger partial charge in [-0.3, -0.25) is 9.59 Å². The summed E-state index contributed by atoms with van der Waals surface area (Å²) < 4.78 is 27.7. The molecule has 0 radical (unpaired) electrons. The van der Waals surface area contributed by atoms with Crippen LogP contribution in [-0.2, 0) is 14.6 Å². The van der Waals surface area contributed by atoms with Crippen molar-refractivity contribution in [2.45, 2.75) is 19.4 Å². The monoisotopic (exact) mass is 297 g/mol. The Kier molecular flexibility index (Phi) is 4.08. The van der Waals surface area contributed by atoms with Crippen LogP contribution in [0.25, 0.3) is 0 Å². The Morgan fingerprint density at radius 3 is 2.60 bits per heavy atom. The van der Waals surface area contributed by atoms with Crippen molar-refractivity contribution in [2.24, 2.45) is 0 Å². The SMILES string of the molecule is CC(=O)Oc1ccccc1C(=O)N[C@@H]1CCS(=O)(=O)C1. The highest BCUT2D eigenvalue weighted by molar-refractivity contribution is 7.91. The van der Waals surface area contributed by atoms with E-state index in [9.17, 15) is 18.0 Å². The van der Waals surface area contributed by atoms with Crippen LogP contribution in [0.4, 0.5) is 0 Å². The third kappa shape index (κ3) is 3.57.